The minimum Gasteiger partial charge on any atom is -0.354 e. The molecular weight excluding hydrogens is 665 g/mol. The van der Waals surface area contributed by atoms with Crippen LogP contribution < -0.4 is 0 Å². The number of nitrogens with one attached hydrogen (secondary N) is 1. The summed E-state index contributed by atoms with van der Waals surface area (Å²) in [6, 6.07) is 70.3. The lowest BCUT2D eigenvalue weighted by molar-refractivity contribution is 1.33. The highest BCUT2D eigenvalue weighted by molar-refractivity contribution is 6.29. The molecule has 2 nitrogen and oxygen atoms in total. The summed E-state index contributed by atoms with van der Waals surface area (Å²) in [6.45, 7) is 0. The van der Waals surface area contributed by atoms with E-state index in [1.54, 1.807) is 0 Å². The van der Waals surface area contributed by atoms with Crippen LogP contribution in [0, 0.1) is 0 Å². The maximum atomic E-state index is 5.34. The average molecular weight is 699 g/mol. The third-order valence-corrected chi connectivity index (χ3v) is 11.3. The van der Waals surface area contributed by atoms with E-state index in [1.165, 1.54) is 65.3 Å². The second-order valence-corrected chi connectivity index (χ2v) is 14.3. The Balaban J connectivity index is 1.28. The summed E-state index contributed by atoms with van der Waals surface area (Å²) in [6.07, 6.45) is 1.94. The van der Waals surface area contributed by atoms with E-state index in [1.807, 2.05) is 6.20 Å². The molecule has 0 unspecified atom stereocenters. The van der Waals surface area contributed by atoms with Crippen molar-refractivity contribution < 1.29 is 0 Å². The molecule has 11 aromatic rings. The minimum absolute atomic E-state index is 0.948. The number of para-hydroxylation sites is 2. The van der Waals surface area contributed by atoms with Gasteiger partial charge in [0.25, 0.3) is 0 Å². The number of H-pyrrole nitrogens is 1. The zero-order chi connectivity index (χ0) is 36.3. The van der Waals surface area contributed by atoms with E-state index in [2.05, 4.69) is 199 Å². The first kappa shape index (κ1) is 31.3. The highest BCUT2D eigenvalue weighted by Gasteiger charge is 2.24. The summed E-state index contributed by atoms with van der Waals surface area (Å²) >= 11 is 0. The Morgan fingerprint density at radius 2 is 0.800 bits per heavy atom. The summed E-state index contributed by atoms with van der Waals surface area (Å²) in [7, 11) is 0. The van der Waals surface area contributed by atoms with E-state index in [9.17, 15) is 0 Å². The molecule has 256 valence electrons. The monoisotopic (exact) mass is 698 g/mol. The van der Waals surface area contributed by atoms with E-state index in [0.29, 0.717) is 0 Å². The zero-order valence-corrected chi connectivity index (χ0v) is 30.0. The van der Waals surface area contributed by atoms with Gasteiger partial charge in [-0.3, -0.25) is 4.98 Å². The van der Waals surface area contributed by atoms with Crippen molar-refractivity contribution in [1.29, 1.82) is 0 Å². The van der Waals surface area contributed by atoms with Gasteiger partial charge < -0.3 is 4.98 Å². The molecule has 0 fully saturated rings. The summed E-state index contributed by atoms with van der Waals surface area (Å²) in [5.74, 6) is 0. The molecule has 0 saturated heterocycles. The van der Waals surface area contributed by atoms with Crippen LogP contribution in [0.1, 0.15) is 0 Å². The Hall–Kier alpha value is -7.29. The quantitative estimate of drug-likeness (QED) is 0.178. The minimum atomic E-state index is 0.948. The van der Waals surface area contributed by atoms with Crippen molar-refractivity contribution in [2.45, 2.75) is 0 Å². The van der Waals surface area contributed by atoms with Crippen molar-refractivity contribution >= 4 is 54.1 Å². The third kappa shape index (κ3) is 4.92. The molecule has 0 aliphatic heterocycles. The molecule has 0 atom stereocenters. The first-order valence-corrected chi connectivity index (χ1v) is 18.9. The van der Waals surface area contributed by atoms with Crippen LogP contribution in [0.25, 0.3) is 110 Å². The molecule has 0 amide bonds. The fourth-order valence-electron chi connectivity index (χ4n) is 8.94. The van der Waals surface area contributed by atoms with E-state index in [-0.39, 0.29) is 0 Å². The van der Waals surface area contributed by atoms with E-state index in [4.69, 9.17) is 4.98 Å². The summed E-state index contributed by atoms with van der Waals surface area (Å²) in [5, 5.41) is 9.96. The lowest BCUT2D eigenvalue weighted by atomic mass is 9.82. The van der Waals surface area contributed by atoms with Gasteiger partial charge in [-0.2, -0.15) is 0 Å². The van der Waals surface area contributed by atoms with Gasteiger partial charge >= 0.3 is 0 Å². The number of aromatic nitrogens is 2. The molecule has 2 heterocycles. The number of aromatic amines is 1. The molecule has 0 aliphatic rings. The van der Waals surface area contributed by atoms with Gasteiger partial charge in [0, 0.05) is 39.2 Å². The smallest absolute Gasteiger partial charge is 0.0793 e. The van der Waals surface area contributed by atoms with Crippen molar-refractivity contribution in [1.82, 2.24) is 9.97 Å². The summed E-state index contributed by atoms with van der Waals surface area (Å²) in [5.41, 5.74) is 13.5. The second kappa shape index (κ2) is 12.7. The maximum absolute atomic E-state index is 5.34. The highest BCUT2D eigenvalue weighted by atomic mass is 14.7. The van der Waals surface area contributed by atoms with Crippen LogP contribution in [0.3, 0.4) is 0 Å². The van der Waals surface area contributed by atoms with Gasteiger partial charge in [-0.05, 0) is 77.8 Å². The summed E-state index contributed by atoms with van der Waals surface area (Å²) < 4.78 is 0. The predicted octanol–water partition coefficient (Wildman–Crippen LogP) is 14.5. The third-order valence-electron chi connectivity index (χ3n) is 11.3. The number of hydrogen-bond acceptors (Lipinski definition) is 1. The molecule has 9 aromatic carbocycles. The van der Waals surface area contributed by atoms with Crippen molar-refractivity contribution in [2.24, 2.45) is 0 Å². The number of benzene rings is 9. The Morgan fingerprint density at radius 1 is 0.309 bits per heavy atom. The molecule has 2 heteroatoms. The van der Waals surface area contributed by atoms with Crippen LogP contribution in [-0.4, -0.2) is 9.97 Å². The normalized spacial score (nSPS) is 11.6. The number of hydrogen-bond donors (Lipinski definition) is 1. The topological polar surface area (TPSA) is 28.7 Å². The molecular formula is C53H34N2. The van der Waals surface area contributed by atoms with Gasteiger partial charge in [0.2, 0.25) is 0 Å². The SMILES string of the molecule is c1ccc(-c2ccccc2-c2cccc(-c3cccc4c5ccccc5c5ccccc5c34)c2-c2ncccc2-c2cccc3c2[nH]c2ccccc23)cc1. The van der Waals surface area contributed by atoms with Gasteiger partial charge in [-0.25, -0.2) is 0 Å². The molecule has 55 heavy (non-hydrogen) atoms. The Bertz CT molecular complexity index is 3220. The van der Waals surface area contributed by atoms with Crippen LogP contribution in [0.4, 0.5) is 0 Å². The first-order valence-electron chi connectivity index (χ1n) is 18.9. The molecule has 0 bridgehead atoms. The molecule has 0 spiro atoms. The van der Waals surface area contributed by atoms with Gasteiger partial charge in [0.15, 0.2) is 0 Å². The molecule has 2 aromatic heterocycles. The van der Waals surface area contributed by atoms with Crippen LogP contribution in [0.15, 0.2) is 200 Å². The predicted molar refractivity (Wildman–Crippen MR) is 233 cm³/mol. The zero-order valence-electron chi connectivity index (χ0n) is 30.0. The lowest BCUT2D eigenvalue weighted by Gasteiger charge is -2.22. The maximum Gasteiger partial charge on any atom is 0.0793 e. The molecule has 0 aliphatic carbocycles. The fraction of sp³-hybridized carbons (Fsp3) is 0. The van der Waals surface area contributed by atoms with Crippen LogP contribution >= 0.6 is 0 Å². The standard InChI is InChI=1S/C53H34N2/c1-2-16-34(17-3-1)35-18-4-5-19-36(35)43-26-13-28-45(44-27-12-25-42-39-21-7-6-20-37(39)38-22-8-9-24-41(38)50(42)44)51(43)53-48(31-15-33-54-53)47-30-14-29-46-40-23-10-11-32-49(40)55-52(46)47/h1-33,55H. The second-order valence-electron chi connectivity index (χ2n) is 14.3. The highest BCUT2D eigenvalue weighted by Crippen LogP contribution is 2.49. The number of fused-ring (bicyclic) bond motifs is 9. The number of pyridine rings is 1. The average Bonchev–Trinajstić information content (AvgIpc) is 3.65. The van der Waals surface area contributed by atoms with Crippen LogP contribution in [-0.2, 0) is 0 Å². The summed E-state index contributed by atoms with van der Waals surface area (Å²) in [4.78, 5) is 9.12. The Kier molecular flexibility index (Phi) is 7.21. The number of rotatable bonds is 5. The van der Waals surface area contributed by atoms with E-state index >= 15 is 0 Å². The van der Waals surface area contributed by atoms with Gasteiger partial charge in [-0.15, -0.1) is 0 Å². The van der Waals surface area contributed by atoms with E-state index in [0.717, 1.165) is 44.5 Å². The van der Waals surface area contributed by atoms with Crippen LogP contribution in [0.2, 0.25) is 0 Å². The van der Waals surface area contributed by atoms with Crippen molar-refractivity contribution in [2.75, 3.05) is 0 Å². The lowest BCUT2D eigenvalue weighted by Crippen LogP contribution is -1.97. The van der Waals surface area contributed by atoms with Gasteiger partial charge in [-0.1, -0.05) is 182 Å². The van der Waals surface area contributed by atoms with E-state index < -0.39 is 0 Å². The Morgan fingerprint density at radius 3 is 1.56 bits per heavy atom. The van der Waals surface area contributed by atoms with Crippen molar-refractivity contribution in [3.8, 4) is 55.8 Å². The molecule has 0 saturated carbocycles. The van der Waals surface area contributed by atoms with Gasteiger partial charge in [0.05, 0.1) is 11.2 Å². The molecule has 1 N–H and O–H groups in total. The van der Waals surface area contributed by atoms with Crippen LogP contribution in [0.5, 0.6) is 0 Å². The first-order chi connectivity index (χ1) is 27.3. The Labute approximate surface area is 319 Å². The van der Waals surface area contributed by atoms with Crippen molar-refractivity contribution in [3.63, 3.8) is 0 Å². The van der Waals surface area contributed by atoms with Gasteiger partial charge in [0.1, 0.15) is 0 Å². The molecule has 0 radical (unpaired) electrons. The number of nitrogens with zero attached hydrogens (tertiary/aromatic N) is 1. The molecule has 11 rings (SSSR count). The largest absolute Gasteiger partial charge is 0.354 e. The fourth-order valence-corrected chi connectivity index (χ4v) is 8.94. The van der Waals surface area contributed by atoms with Crippen molar-refractivity contribution in [3.05, 3.63) is 200 Å².